The predicted molar refractivity (Wildman–Crippen MR) is 85.2 cm³/mol. The van der Waals surface area contributed by atoms with Crippen LogP contribution in [0.15, 0.2) is 28.7 Å². The van der Waals surface area contributed by atoms with Crippen LogP contribution in [0.3, 0.4) is 0 Å². The lowest BCUT2D eigenvalue weighted by Crippen LogP contribution is -2.42. The minimum atomic E-state index is -0.398. The van der Waals surface area contributed by atoms with Crippen LogP contribution < -0.4 is 15.6 Å². The monoisotopic (exact) mass is 316 g/mol. The second kappa shape index (κ2) is 7.00. The molecule has 122 valence electrons. The molecule has 0 saturated heterocycles. The van der Waals surface area contributed by atoms with Gasteiger partial charge >= 0.3 is 0 Å². The van der Waals surface area contributed by atoms with E-state index in [1.165, 1.54) is 0 Å². The number of nitrogens with one attached hydrogen (secondary N) is 2. The van der Waals surface area contributed by atoms with Crippen molar-refractivity contribution >= 4 is 11.8 Å². The SMILES string of the molecule is COc1ccccc1CC(=O)NNC(=O)c1c(C)oc(C)c1C. The summed E-state index contributed by atoms with van der Waals surface area (Å²) < 4.78 is 10.6. The number of carbonyl (C=O) groups is 2. The fraction of sp³-hybridized carbons (Fsp3) is 0.294. The molecule has 23 heavy (non-hydrogen) atoms. The zero-order chi connectivity index (χ0) is 17.0. The maximum atomic E-state index is 12.2. The predicted octanol–water partition coefficient (Wildman–Crippen LogP) is 2.22. The Kier molecular flexibility index (Phi) is 5.05. The first-order valence-electron chi connectivity index (χ1n) is 7.21. The van der Waals surface area contributed by atoms with Crippen molar-refractivity contribution in [3.8, 4) is 5.75 Å². The first-order chi connectivity index (χ1) is 10.9. The third kappa shape index (κ3) is 3.71. The molecule has 2 amide bonds. The Hall–Kier alpha value is -2.76. The zero-order valence-corrected chi connectivity index (χ0v) is 13.6. The van der Waals surface area contributed by atoms with Gasteiger partial charge in [-0.3, -0.25) is 20.4 Å². The van der Waals surface area contributed by atoms with Crippen LogP contribution in [-0.4, -0.2) is 18.9 Å². The molecular formula is C17H20N2O4. The Bertz CT molecular complexity index is 734. The summed E-state index contributed by atoms with van der Waals surface area (Å²) in [6.45, 7) is 5.31. The van der Waals surface area contributed by atoms with E-state index in [2.05, 4.69) is 10.9 Å². The maximum absolute atomic E-state index is 12.2. The van der Waals surface area contributed by atoms with Crippen LogP contribution in [-0.2, 0) is 11.2 Å². The van der Waals surface area contributed by atoms with Gasteiger partial charge in [0.1, 0.15) is 17.3 Å². The molecule has 0 atom stereocenters. The highest BCUT2D eigenvalue weighted by Gasteiger charge is 2.19. The fourth-order valence-corrected chi connectivity index (χ4v) is 2.38. The van der Waals surface area contributed by atoms with Crippen molar-refractivity contribution in [3.63, 3.8) is 0 Å². The quantitative estimate of drug-likeness (QED) is 0.848. The van der Waals surface area contributed by atoms with Gasteiger partial charge in [0.05, 0.1) is 19.1 Å². The molecule has 1 heterocycles. The molecule has 2 rings (SSSR count). The summed E-state index contributed by atoms with van der Waals surface area (Å²) in [6.07, 6.45) is 0.104. The van der Waals surface area contributed by atoms with Gasteiger partial charge in [0.2, 0.25) is 5.91 Å². The van der Waals surface area contributed by atoms with E-state index >= 15 is 0 Å². The van der Waals surface area contributed by atoms with E-state index in [0.717, 1.165) is 11.1 Å². The summed E-state index contributed by atoms with van der Waals surface area (Å²) in [7, 11) is 1.55. The van der Waals surface area contributed by atoms with Crippen molar-refractivity contribution in [1.29, 1.82) is 0 Å². The van der Waals surface area contributed by atoms with Crippen LogP contribution in [0.4, 0.5) is 0 Å². The van der Waals surface area contributed by atoms with Crippen LogP contribution in [0.1, 0.15) is 33.0 Å². The third-order valence-electron chi connectivity index (χ3n) is 3.65. The summed E-state index contributed by atoms with van der Waals surface area (Å²) in [5.74, 6) is 1.11. The summed E-state index contributed by atoms with van der Waals surface area (Å²) >= 11 is 0. The Balaban J connectivity index is 1.98. The lowest BCUT2D eigenvalue weighted by Gasteiger charge is -2.10. The highest BCUT2D eigenvalue weighted by atomic mass is 16.5. The van der Waals surface area contributed by atoms with Crippen LogP contribution in [0.5, 0.6) is 5.75 Å². The topological polar surface area (TPSA) is 80.6 Å². The van der Waals surface area contributed by atoms with E-state index in [9.17, 15) is 9.59 Å². The van der Waals surface area contributed by atoms with Gasteiger partial charge in [0.25, 0.3) is 5.91 Å². The normalized spacial score (nSPS) is 10.3. The molecule has 0 aliphatic heterocycles. The molecule has 0 radical (unpaired) electrons. The standard InChI is InChI=1S/C17H20N2O4/c1-10-11(2)23-12(3)16(10)17(21)19-18-15(20)9-13-7-5-6-8-14(13)22-4/h5-8H,9H2,1-4H3,(H,18,20)(H,19,21). The summed E-state index contributed by atoms with van der Waals surface area (Å²) in [5, 5.41) is 0. The van der Waals surface area contributed by atoms with Crippen molar-refractivity contribution in [2.24, 2.45) is 0 Å². The average molecular weight is 316 g/mol. The molecule has 0 bridgehead atoms. The molecule has 6 nitrogen and oxygen atoms in total. The van der Waals surface area contributed by atoms with E-state index in [-0.39, 0.29) is 12.3 Å². The minimum Gasteiger partial charge on any atom is -0.496 e. The van der Waals surface area contributed by atoms with Gasteiger partial charge in [0, 0.05) is 11.1 Å². The van der Waals surface area contributed by atoms with Crippen molar-refractivity contribution < 1.29 is 18.7 Å². The van der Waals surface area contributed by atoms with Gasteiger partial charge in [-0.2, -0.15) is 0 Å². The molecule has 1 aromatic carbocycles. The number of amides is 2. The van der Waals surface area contributed by atoms with Gasteiger partial charge in [-0.1, -0.05) is 18.2 Å². The first-order valence-corrected chi connectivity index (χ1v) is 7.21. The fourth-order valence-electron chi connectivity index (χ4n) is 2.38. The van der Waals surface area contributed by atoms with Gasteiger partial charge < -0.3 is 9.15 Å². The van der Waals surface area contributed by atoms with Gasteiger partial charge in [0.15, 0.2) is 0 Å². The van der Waals surface area contributed by atoms with Crippen molar-refractivity contribution in [3.05, 3.63) is 52.5 Å². The molecule has 0 unspecified atom stereocenters. The van der Waals surface area contributed by atoms with Gasteiger partial charge in [-0.05, 0) is 26.8 Å². The van der Waals surface area contributed by atoms with E-state index < -0.39 is 5.91 Å². The van der Waals surface area contributed by atoms with Crippen molar-refractivity contribution in [1.82, 2.24) is 10.9 Å². The zero-order valence-electron chi connectivity index (χ0n) is 13.6. The summed E-state index contributed by atoms with van der Waals surface area (Å²) in [5.41, 5.74) is 6.77. The Morgan fingerprint density at radius 2 is 1.78 bits per heavy atom. The molecule has 0 spiro atoms. The third-order valence-corrected chi connectivity index (χ3v) is 3.65. The smallest absolute Gasteiger partial charge is 0.273 e. The number of aryl methyl sites for hydroxylation is 2. The maximum Gasteiger partial charge on any atom is 0.273 e. The van der Waals surface area contributed by atoms with Crippen molar-refractivity contribution in [2.45, 2.75) is 27.2 Å². The van der Waals surface area contributed by atoms with Crippen LogP contribution in [0.25, 0.3) is 0 Å². The number of furan rings is 1. The van der Waals surface area contributed by atoms with E-state index in [0.29, 0.717) is 22.8 Å². The highest BCUT2D eigenvalue weighted by molar-refractivity contribution is 5.97. The molecule has 2 aromatic rings. The molecule has 0 fully saturated rings. The summed E-state index contributed by atoms with van der Waals surface area (Å²) in [4.78, 5) is 24.2. The van der Waals surface area contributed by atoms with Crippen LogP contribution in [0, 0.1) is 20.8 Å². The number of carbonyl (C=O) groups excluding carboxylic acids is 2. The lowest BCUT2D eigenvalue weighted by atomic mass is 10.1. The second-order valence-corrected chi connectivity index (χ2v) is 5.21. The molecular weight excluding hydrogens is 296 g/mol. The molecule has 0 aliphatic rings. The number of hydrazine groups is 1. The van der Waals surface area contributed by atoms with E-state index in [4.69, 9.17) is 9.15 Å². The van der Waals surface area contributed by atoms with Crippen molar-refractivity contribution in [2.75, 3.05) is 7.11 Å². The Morgan fingerprint density at radius 3 is 2.39 bits per heavy atom. The minimum absolute atomic E-state index is 0.104. The molecule has 6 heteroatoms. The van der Waals surface area contributed by atoms with Crippen LogP contribution >= 0.6 is 0 Å². The molecule has 0 saturated carbocycles. The lowest BCUT2D eigenvalue weighted by molar-refractivity contribution is -0.121. The van der Waals surface area contributed by atoms with Gasteiger partial charge in [-0.15, -0.1) is 0 Å². The number of methoxy groups -OCH3 is 1. The number of hydrogen-bond donors (Lipinski definition) is 2. The van der Waals surface area contributed by atoms with Crippen LogP contribution in [0.2, 0.25) is 0 Å². The van der Waals surface area contributed by atoms with Gasteiger partial charge in [-0.25, -0.2) is 0 Å². The first kappa shape index (κ1) is 16.6. The molecule has 2 N–H and O–H groups in total. The molecule has 0 aliphatic carbocycles. The van der Waals surface area contributed by atoms with E-state index in [1.807, 2.05) is 12.1 Å². The average Bonchev–Trinajstić information content (AvgIpc) is 2.78. The number of para-hydroxylation sites is 1. The van der Waals surface area contributed by atoms with E-state index in [1.54, 1.807) is 40.0 Å². The number of rotatable bonds is 4. The number of benzene rings is 1. The largest absolute Gasteiger partial charge is 0.496 e. The summed E-state index contributed by atoms with van der Waals surface area (Å²) in [6, 6.07) is 7.23. The Labute approximate surface area is 134 Å². The number of ether oxygens (including phenoxy) is 1. The number of hydrogen-bond acceptors (Lipinski definition) is 4. The molecule has 1 aromatic heterocycles. The Morgan fingerprint density at radius 1 is 1.09 bits per heavy atom. The second-order valence-electron chi connectivity index (χ2n) is 5.21. The highest BCUT2D eigenvalue weighted by Crippen LogP contribution is 2.20.